The highest BCUT2D eigenvalue weighted by molar-refractivity contribution is 9.10. The molecule has 1 aliphatic rings. The summed E-state index contributed by atoms with van der Waals surface area (Å²) in [6, 6.07) is 8.26. The Balaban J connectivity index is 1.73. The normalized spacial score (nSPS) is 13.6. The van der Waals surface area contributed by atoms with Gasteiger partial charge < -0.3 is 0 Å². The molecule has 0 fully saturated rings. The first-order valence-electron chi connectivity index (χ1n) is 6.15. The summed E-state index contributed by atoms with van der Waals surface area (Å²) in [7, 11) is 0. The maximum Gasteiger partial charge on any atom is 0.140 e. The van der Waals surface area contributed by atoms with Gasteiger partial charge in [0.2, 0.25) is 0 Å². The Labute approximate surface area is 130 Å². The summed E-state index contributed by atoms with van der Waals surface area (Å²) >= 11 is 11.4. The van der Waals surface area contributed by atoms with E-state index in [2.05, 4.69) is 38.0 Å². The minimum Gasteiger partial charge on any atom is -0.237 e. The van der Waals surface area contributed by atoms with Gasteiger partial charge in [-0.2, -0.15) is 0 Å². The Kier molecular flexibility index (Phi) is 4.10. The topological polar surface area (TPSA) is 25.8 Å². The molecule has 0 spiro atoms. The molecule has 1 heterocycles. The number of benzene rings is 1. The van der Waals surface area contributed by atoms with Gasteiger partial charge in [-0.3, -0.25) is 0 Å². The molecule has 0 unspecified atom stereocenters. The lowest BCUT2D eigenvalue weighted by atomic mass is 10.3. The van der Waals surface area contributed by atoms with Crippen LogP contribution in [0.15, 0.2) is 33.6 Å². The first kappa shape index (κ1) is 13.4. The molecular weight excluding hydrogens is 344 g/mol. The van der Waals surface area contributed by atoms with Crippen LogP contribution < -0.4 is 0 Å². The van der Waals surface area contributed by atoms with E-state index in [9.17, 15) is 0 Å². The minimum atomic E-state index is 0.647. The maximum absolute atomic E-state index is 6.21. The van der Waals surface area contributed by atoms with Crippen molar-refractivity contribution >= 4 is 39.3 Å². The minimum absolute atomic E-state index is 0.647. The van der Waals surface area contributed by atoms with E-state index in [1.807, 2.05) is 12.1 Å². The molecule has 0 atom stereocenters. The Morgan fingerprint density at radius 3 is 2.74 bits per heavy atom. The van der Waals surface area contributed by atoms with E-state index in [4.69, 9.17) is 11.6 Å². The molecule has 0 radical (unpaired) electrons. The molecule has 5 heteroatoms. The van der Waals surface area contributed by atoms with Gasteiger partial charge >= 0.3 is 0 Å². The molecule has 2 aromatic rings. The molecule has 0 amide bonds. The molecule has 0 N–H and O–H groups in total. The van der Waals surface area contributed by atoms with Crippen LogP contribution in [-0.4, -0.2) is 9.97 Å². The fourth-order valence-electron chi connectivity index (χ4n) is 2.18. The highest BCUT2D eigenvalue weighted by Crippen LogP contribution is 2.28. The Morgan fingerprint density at radius 2 is 1.95 bits per heavy atom. The quantitative estimate of drug-likeness (QED) is 0.591. The molecule has 19 heavy (non-hydrogen) atoms. The average molecular weight is 356 g/mol. The summed E-state index contributed by atoms with van der Waals surface area (Å²) in [5.74, 6) is 1.59. The lowest BCUT2D eigenvalue weighted by Gasteiger charge is -2.05. The van der Waals surface area contributed by atoms with Crippen molar-refractivity contribution in [3.63, 3.8) is 0 Å². The third kappa shape index (κ3) is 3.12. The van der Waals surface area contributed by atoms with E-state index < -0.39 is 0 Å². The van der Waals surface area contributed by atoms with Crippen LogP contribution in [0, 0.1) is 0 Å². The fraction of sp³-hybridized carbons (Fsp3) is 0.286. The first-order chi connectivity index (χ1) is 9.22. The molecular formula is C14H12BrClN2S. The van der Waals surface area contributed by atoms with Gasteiger partial charge in [-0.05, 0) is 43.5 Å². The van der Waals surface area contributed by atoms with Crippen molar-refractivity contribution in [1.82, 2.24) is 9.97 Å². The molecule has 2 nitrogen and oxygen atoms in total. The van der Waals surface area contributed by atoms with Gasteiger partial charge in [0, 0.05) is 20.6 Å². The van der Waals surface area contributed by atoms with E-state index in [0.29, 0.717) is 5.15 Å². The standard InChI is InChI=1S/C14H12BrClN2S/c15-9-4-6-10(7-5-9)19-8-13-17-12-3-1-2-11(12)14(16)18-13/h4-7H,1-3,8H2. The SMILES string of the molecule is Clc1nc(CSc2ccc(Br)cc2)nc2c1CCC2. The van der Waals surface area contributed by atoms with Gasteiger partial charge in [-0.1, -0.05) is 27.5 Å². The fourth-order valence-corrected chi connectivity index (χ4v) is 3.50. The number of hydrogen-bond donors (Lipinski definition) is 0. The van der Waals surface area contributed by atoms with Crippen molar-refractivity contribution < 1.29 is 0 Å². The van der Waals surface area contributed by atoms with E-state index in [1.165, 1.54) is 4.90 Å². The molecule has 1 aromatic carbocycles. The third-order valence-electron chi connectivity index (χ3n) is 3.11. The van der Waals surface area contributed by atoms with Crippen LogP contribution in [0.25, 0.3) is 0 Å². The second-order valence-electron chi connectivity index (χ2n) is 4.45. The van der Waals surface area contributed by atoms with E-state index >= 15 is 0 Å². The second kappa shape index (κ2) is 5.81. The van der Waals surface area contributed by atoms with Gasteiger partial charge in [-0.15, -0.1) is 11.8 Å². The Morgan fingerprint density at radius 1 is 1.16 bits per heavy atom. The van der Waals surface area contributed by atoms with Gasteiger partial charge in [0.25, 0.3) is 0 Å². The number of hydrogen-bond acceptors (Lipinski definition) is 3. The summed E-state index contributed by atoms with van der Waals surface area (Å²) in [4.78, 5) is 10.2. The third-order valence-corrected chi connectivity index (χ3v) is 4.96. The van der Waals surface area contributed by atoms with Crippen LogP contribution in [0.2, 0.25) is 5.15 Å². The number of rotatable bonds is 3. The van der Waals surface area contributed by atoms with Crippen molar-refractivity contribution in [2.24, 2.45) is 0 Å². The zero-order valence-corrected chi connectivity index (χ0v) is 13.4. The smallest absolute Gasteiger partial charge is 0.140 e. The summed E-state index contributed by atoms with van der Waals surface area (Å²) in [6.07, 6.45) is 3.20. The van der Waals surface area contributed by atoms with Crippen LogP contribution in [0.5, 0.6) is 0 Å². The molecule has 0 bridgehead atoms. The monoisotopic (exact) mass is 354 g/mol. The number of halogens is 2. The number of aryl methyl sites for hydroxylation is 1. The van der Waals surface area contributed by atoms with Crippen molar-refractivity contribution in [2.75, 3.05) is 0 Å². The predicted molar refractivity (Wildman–Crippen MR) is 82.8 cm³/mol. The summed E-state index contributed by atoms with van der Waals surface area (Å²) < 4.78 is 1.09. The van der Waals surface area contributed by atoms with Crippen LogP contribution in [-0.2, 0) is 18.6 Å². The van der Waals surface area contributed by atoms with Gasteiger partial charge in [0.1, 0.15) is 11.0 Å². The zero-order valence-electron chi connectivity index (χ0n) is 10.2. The largest absolute Gasteiger partial charge is 0.237 e. The van der Waals surface area contributed by atoms with E-state index in [1.54, 1.807) is 11.8 Å². The maximum atomic E-state index is 6.21. The van der Waals surface area contributed by atoms with Gasteiger partial charge in [-0.25, -0.2) is 9.97 Å². The van der Waals surface area contributed by atoms with Crippen molar-refractivity contribution in [2.45, 2.75) is 29.9 Å². The summed E-state index contributed by atoms with van der Waals surface area (Å²) in [5.41, 5.74) is 2.30. The Hall–Kier alpha value is -0.580. The number of nitrogens with zero attached hydrogens (tertiary/aromatic N) is 2. The molecule has 1 aliphatic carbocycles. The summed E-state index contributed by atoms with van der Waals surface area (Å²) in [5, 5.41) is 0.647. The van der Waals surface area contributed by atoms with Gasteiger partial charge in [0.05, 0.1) is 5.75 Å². The molecule has 98 valence electrons. The molecule has 0 aliphatic heterocycles. The first-order valence-corrected chi connectivity index (χ1v) is 8.30. The average Bonchev–Trinajstić information content (AvgIpc) is 2.87. The highest BCUT2D eigenvalue weighted by atomic mass is 79.9. The number of aromatic nitrogens is 2. The summed E-state index contributed by atoms with van der Waals surface area (Å²) in [6.45, 7) is 0. The molecule has 1 aromatic heterocycles. The van der Waals surface area contributed by atoms with Crippen molar-refractivity contribution in [1.29, 1.82) is 0 Å². The van der Waals surface area contributed by atoms with Crippen LogP contribution >= 0.6 is 39.3 Å². The lowest BCUT2D eigenvalue weighted by molar-refractivity contribution is 0.893. The predicted octanol–water partition coefficient (Wildman–Crippen LogP) is 4.67. The van der Waals surface area contributed by atoms with Gasteiger partial charge in [0.15, 0.2) is 0 Å². The highest BCUT2D eigenvalue weighted by Gasteiger charge is 2.18. The van der Waals surface area contributed by atoms with Crippen LogP contribution in [0.3, 0.4) is 0 Å². The van der Waals surface area contributed by atoms with Crippen molar-refractivity contribution in [3.05, 3.63) is 51.0 Å². The van der Waals surface area contributed by atoms with Crippen molar-refractivity contribution in [3.8, 4) is 0 Å². The molecule has 0 saturated carbocycles. The molecule has 0 saturated heterocycles. The molecule has 3 rings (SSSR count). The van der Waals surface area contributed by atoms with E-state index in [-0.39, 0.29) is 0 Å². The lowest BCUT2D eigenvalue weighted by Crippen LogP contribution is -1.99. The number of thioether (sulfide) groups is 1. The van der Waals surface area contributed by atoms with Crippen LogP contribution in [0.4, 0.5) is 0 Å². The van der Waals surface area contributed by atoms with Crippen LogP contribution in [0.1, 0.15) is 23.5 Å². The number of fused-ring (bicyclic) bond motifs is 1. The Bertz CT molecular complexity index is 601. The zero-order chi connectivity index (χ0) is 13.2. The van der Waals surface area contributed by atoms with E-state index in [0.717, 1.165) is 46.6 Å². The second-order valence-corrected chi connectivity index (χ2v) is 6.77.